The molecule has 2 N–H and O–H groups in total. The first kappa shape index (κ1) is 22.7. The van der Waals surface area contributed by atoms with E-state index in [-0.39, 0.29) is 30.7 Å². The largest absolute Gasteiger partial charge is 0.483 e. The molecule has 0 radical (unpaired) electrons. The van der Waals surface area contributed by atoms with Gasteiger partial charge in [-0.3, -0.25) is 19.3 Å². The number of hydrogen-bond donors (Lipinski definition) is 2. The molecule has 2 aliphatic heterocycles. The molecule has 9 nitrogen and oxygen atoms in total. The van der Waals surface area contributed by atoms with E-state index < -0.39 is 5.41 Å². The SMILES string of the molecule is CCCn1ncc(C(=O)N2C[C@@H]3CN(c4ccncc4F)C[C@]3(CO)C2)c1C.O=CO. The fourth-order valence-electron chi connectivity index (χ4n) is 4.63. The van der Waals surface area contributed by atoms with Crippen molar-refractivity contribution >= 4 is 18.1 Å². The predicted octanol–water partition coefficient (Wildman–Crippen LogP) is 1.41. The van der Waals surface area contributed by atoms with Crippen LogP contribution in [0.25, 0.3) is 0 Å². The van der Waals surface area contributed by atoms with Crippen LogP contribution in [0, 0.1) is 24.1 Å². The predicted molar refractivity (Wildman–Crippen MR) is 111 cm³/mol. The molecule has 2 fully saturated rings. The summed E-state index contributed by atoms with van der Waals surface area (Å²) in [5, 5.41) is 21.4. The number of likely N-dealkylation sites (tertiary alicyclic amines) is 1. The summed E-state index contributed by atoms with van der Waals surface area (Å²) in [6.45, 7) is 6.66. The van der Waals surface area contributed by atoms with Crippen LogP contribution < -0.4 is 4.90 Å². The second-order valence-electron chi connectivity index (χ2n) is 8.08. The van der Waals surface area contributed by atoms with E-state index in [0.29, 0.717) is 37.4 Å². The van der Waals surface area contributed by atoms with Crippen LogP contribution in [-0.2, 0) is 11.3 Å². The number of pyridine rings is 1. The average Bonchev–Trinajstić information content (AvgIpc) is 3.40. The Labute approximate surface area is 180 Å². The molecule has 0 unspecified atom stereocenters. The number of aliphatic hydroxyl groups is 1. The van der Waals surface area contributed by atoms with E-state index >= 15 is 0 Å². The number of halogens is 1. The Morgan fingerprint density at radius 1 is 1.35 bits per heavy atom. The molecule has 4 heterocycles. The summed E-state index contributed by atoms with van der Waals surface area (Å²) in [5.41, 5.74) is 1.58. The van der Waals surface area contributed by atoms with Crippen molar-refractivity contribution < 1.29 is 24.2 Å². The van der Waals surface area contributed by atoms with Gasteiger partial charge in [-0.05, 0) is 19.4 Å². The van der Waals surface area contributed by atoms with Crippen molar-refractivity contribution in [2.45, 2.75) is 26.8 Å². The minimum absolute atomic E-state index is 0.0290. The fourth-order valence-corrected chi connectivity index (χ4v) is 4.63. The normalized spacial score (nSPS) is 22.1. The van der Waals surface area contributed by atoms with Crippen LogP contribution in [0.15, 0.2) is 24.7 Å². The lowest BCUT2D eigenvalue weighted by molar-refractivity contribution is -0.122. The molecule has 1 amide bonds. The standard InChI is InChI=1S/C20H26FN5O2.CH2O2/c1-3-6-26-14(2)16(7-23-26)19(28)25-10-15-9-24(11-20(15,12-25)13-27)18-4-5-22-8-17(18)21;2-1-3/h4-5,7-8,15,27H,3,6,9-13H2,1-2H3;1H,(H,2,3)/t15-,20+;/m0./s1. The van der Waals surface area contributed by atoms with Crippen molar-refractivity contribution in [3.63, 3.8) is 0 Å². The molecule has 31 heavy (non-hydrogen) atoms. The highest BCUT2D eigenvalue weighted by Gasteiger charge is 2.53. The van der Waals surface area contributed by atoms with Crippen molar-refractivity contribution in [1.29, 1.82) is 0 Å². The lowest BCUT2D eigenvalue weighted by atomic mass is 9.82. The molecule has 0 aromatic carbocycles. The van der Waals surface area contributed by atoms with Crippen LogP contribution in [0.1, 0.15) is 29.4 Å². The fraction of sp³-hybridized carbons (Fsp3) is 0.524. The molecule has 0 aliphatic carbocycles. The number of carbonyl (C=O) groups is 2. The van der Waals surface area contributed by atoms with Crippen LogP contribution in [0.2, 0.25) is 0 Å². The highest BCUT2D eigenvalue weighted by molar-refractivity contribution is 5.95. The van der Waals surface area contributed by atoms with Crippen LogP contribution >= 0.6 is 0 Å². The summed E-state index contributed by atoms with van der Waals surface area (Å²) in [5.74, 6) is -0.300. The van der Waals surface area contributed by atoms with Gasteiger partial charge in [0.1, 0.15) is 0 Å². The van der Waals surface area contributed by atoms with E-state index in [9.17, 15) is 14.3 Å². The number of rotatable bonds is 5. The van der Waals surface area contributed by atoms with E-state index in [1.807, 2.05) is 21.4 Å². The number of fused-ring (bicyclic) bond motifs is 1. The van der Waals surface area contributed by atoms with Gasteiger partial charge in [-0.15, -0.1) is 0 Å². The van der Waals surface area contributed by atoms with Crippen molar-refractivity contribution in [3.05, 3.63) is 41.7 Å². The molecule has 2 aromatic rings. The summed E-state index contributed by atoms with van der Waals surface area (Å²) >= 11 is 0. The third kappa shape index (κ3) is 4.25. The number of anilines is 1. The first-order valence-corrected chi connectivity index (χ1v) is 10.3. The Balaban J connectivity index is 0.000000858. The second-order valence-corrected chi connectivity index (χ2v) is 8.08. The molecule has 0 saturated carbocycles. The number of aliphatic hydroxyl groups excluding tert-OH is 1. The maximum Gasteiger partial charge on any atom is 0.290 e. The van der Waals surface area contributed by atoms with Gasteiger partial charge < -0.3 is 20.0 Å². The maximum atomic E-state index is 14.1. The molecule has 2 aliphatic rings. The molecule has 0 bridgehead atoms. The number of nitrogens with zero attached hydrogens (tertiary/aromatic N) is 5. The molecule has 4 rings (SSSR count). The molecule has 10 heteroatoms. The topological polar surface area (TPSA) is 112 Å². The van der Waals surface area contributed by atoms with Gasteiger partial charge in [-0.25, -0.2) is 4.39 Å². The van der Waals surface area contributed by atoms with Gasteiger partial charge in [0.05, 0.1) is 30.3 Å². The van der Waals surface area contributed by atoms with E-state index in [4.69, 9.17) is 9.90 Å². The number of aryl methyl sites for hydroxylation is 1. The second kappa shape index (κ2) is 9.42. The number of carboxylic acid groups (broad SMARTS) is 1. The van der Waals surface area contributed by atoms with Gasteiger partial charge >= 0.3 is 0 Å². The van der Waals surface area contributed by atoms with Gasteiger partial charge in [-0.2, -0.15) is 5.10 Å². The third-order valence-electron chi connectivity index (χ3n) is 6.22. The summed E-state index contributed by atoms with van der Waals surface area (Å²) in [7, 11) is 0. The van der Waals surface area contributed by atoms with Crippen molar-refractivity contribution in [3.8, 4) is 0 Å². The van der Waals surface area contributed by atoms with Crippen LogP contribution in [0.5, 0.6) is 0 Å². The Kier molecular flexibility index (Phi) is 6.89. The Morgan fingerprint density at radius 2 is 2.10 bits per heavy atom. The van der Waals surface area contributed by atoms with Crippen molar-refractivity contribution in [2.75, 3.05) is 37.7 Å². The molecule has 168 valence electrons. The van der Waals surface area contributed by atoms with Crippen LogP contribution in [0.3, 0.4) is 0 Å². The number of amides is 1. The first-order valence-electron chi connectivity index (χ1n) is 10.3. The third-order valence-corrected chi connectivity index (χ3v) is 6.22. The molecular formula is C21H28FN5O4. The number of carbonyl (C=O) groups excluding carboxylic acids is 1. The number of aromatic nitrogens is 3. The molecule has 2 saturated heterocycles. The Morgan fingerprint density at radius 3 is 2.71 bits per heavy atom. The monoisotopic (exact) mass is 433 g/mol. The lowest BCUT2D eigenvalue weighted by Crippen LogP contribution is -2.39. The van der Waals surface area contributed by atoms with E-state index in [0.717, 1.165) is 18.7 Å². The van der Waals surface area contributed by atoms with Crippen LogP contribution in [0.4, 0.5) is 10.1 Å². The van der Waals surface area contributed by atoms with Gasteiger partial charge in [0.2, 0.25) is 0 Å². The zero-order valence-corrected chi connectivity index (χ0v) is 17.7. The van der Waals surface area contributed by atoms with E-state index in [1.54, 1.807) is 18.5 Å². The minimum atomic E-state index is -0.432. The highest BCUT2D eigenvalue weighted by Crippen LogP contribution is 2.44. The summed E-state index contributed by atoms with van der Waals surface area (Å²) in [6.07, 6.45) is 5.38. The lowest BCUT2D eigenvalue weighted by Gasteiger charge is -2.28. The first-order chi connectivity index (χ1) is 14.9. The van der Waals surface area contributed by atoms with Gasteiger partial charge in [-0.1, -0.05) is 6.92 Å². The Hall–Kier alpha value is -3.01. The zero-order valence-electron chi connectivity index (χ0n) is 17.7. The summed E-state index contributed by atoms with van der Waals surface area (Å²) in [6, 6.07) is 1.66. The molecule has 0 spiro atoms. The maximum absolute atomic E-state index is 14.1. The van der Waals surface area contributed by atoms with E-state index in [1.165, 1.54) is 6.20 Å². The smallest absolute Gasteiger partial charge is 0.290 e. The van der Waals surface area contributed by atoms with Gasteiger partial charge in [0.25, 0.3) is 12.4 Å². The quantitative estimate of drug-likeness (QED) is 0.686. The van der Waals surface area contributed by atoms with Gasteiger partial charge in [0, 0.05) is 55.9 Å². The molecule has 2 atom stereocenters. The summed E-state index contributed by atoms with van der Waals surface area (Å²) < 4.78 is 16.0. The van der Waals surface area contributed by atoms with Crippen molar-refractivity contribution in [1.82, 2.24) is 19.7 Å². The van der Waals surface area contributed by atoms with E-state index in [2.05, 4.69) is 17.0 Å². The van der Waals surface area contributed by atoms with Gasteiger partial charge in [0.15, 0.2) is 5.82 Å². The zero-order chi connectivity index (χ0) is 22.6. The summed E-state index contributed by atoms with van der Waals surface area (Å²) in [4.78, 5) is 29.0. The van der Waals surface area contributed by atoms with Crippen LogP contribution in [-0.4, -0.2) is 75.0 Å². The molecule has 2 aromatic heterocycles. The molecular weight excluding hydrogens is 405 g/mol. The van der Waals surface area contributed by atoms with Crippen molar-refractivity contribution in [2.24, 2.45) is 11.3 Å². The minimum Gasteiger partial charge on any atom is -0.483 e. The Bertz CT molecular complexity index is 936. The highest BCUT2D eigenvalue weighted by atomic mass is 19.1. The average molecular weight is 433 g/mol. The number of hydrogen-bond acceptors (Lipinski definition) is 6.